The molecule has 0 spiro atoms. The number of para-hydroxylation sites is 3. The Morgan fingerprint density at radius 3 is 2.09 bits per heavy atom. The van der Waals surface area contributed by atoms with Crippen molar-refractivity contribution >= 4 is 39.5 Å². The number of fused-ring (bicyclic) bond motifs is 2. The van der Waals surface area contributed by atoms with E-state index < -0.39 is 0 Å². The van der Waals surface area contributed by atoms with Gasteiger partial charge in [0.1, 0.15) is 0 Å². The fourth-order valence-electron chi connectivity index (χ4n) is 9.26. The number of allylic oxidation sites excluding steroid dienone is 11. The van der Waals surface area contributed by atoms with Crippen LogP contribution in [0.4, 0.5) is 17.1 Å². The van der Waals surface area contributed by atoms with E-state index in [4.69, 9.17) is 0 Å². The number of aryl methyl sites for hydroxylation is 1. The van der Waals surface area contributed by atoms with Gasteiger partial charge in [0.25, 0.3) is 0 Å². The number of rotatable bonds is 13. The van der Waals surface area contributed by atoms with Gasteiger partial charge >= 0.3 is 0 Å². The molecule has 7 aromatic carbocycles. The van der Waals surface area contributed by atoms with Crippen molar-refractivity contribution in [3.8, 4) is 22.3 Å². The molecule has 0 bridgehead atoms. The molecule has 0 aliphatic heterocycles. The van der Waals surface area contributed by atoms with E-state index in [2.05, 4.69) is 261 Å². The minimum atomic E-state index is 0.342. The molecule has 0 fully saturated rings. The summed E-state index contributed by atoms with van der Waals surface area (Å²) in [7, 11) is 0. The lowest BCUT2D eigenvalue weighted by molar-refractivity contribution is 0.828. The van der Waals surface area contributed by atoms with Gasteiger partial charge in [-0.25, -0.2) is 0 Å². The van der Waals surface area contributed by atoms with Crippen molar-refractivity contribution in [3.63, 3.8) is 0 Å². The number of hydrogen-bond acceptors (Lipinski definition) is 2. The molecule has 2 aliphatic carbocycles. The molecule has 0 N–H and O–H groups in total. The lowest BCUT2D eigenvalue weighted by Gasteiger charge is -2.32. The molecule has 2 heteroatoms. The normalized spacial score (nSPS) is 15.1. The topological polar surface area (TPSA) is 6.48 Å². The second-order valence-electron chi connectivity index (χ2n) is 16.3. The monoisotopic (exact) mass is 826 g/mol. The summed E-state index contributed by atoms with van der Waals surface area (Å²) in [5.74, 6) is 0.342. The summed E-state index contributed by atoms with van der Waals surface area (Å²) in [6.45, 7) is 8.41. The zero-order valence-corrected chi connectivity index (χ0v) is 36.8. The number of hydrogen-bond donors (Lipinski definition) is 0. The lowest BCUT2D eigenvalue weighted by atomic mass is 9.84. The zero-order valence-electron chi connectivity index (χ0n) is 36.8. The third-order valence-electron chi connectivity index (χ3n) is 12.4. The van der Waals surface area contributed by atoms with Crippen molar-refractivity contribution in [2.75, 3.05) is 9.80 Å². The highest BCUT2D eigenvalue weighted by atomic mass is 15.2. The van der Waals surface area contributed by atoms with E-state index in [9.17, 15) is 0 Å². The largest absolute Gasteiger partial charge is 0.317 e. The molecule has 0 saturated carbocycles. The molecule has 2 nitrogen and oxygen atoms in total. The van der Waals surface area contributed by atoms with Crippen molar-refractivity contribution in [1.29, 1.82) is 0 Å². The van der Waals surface area contributed by atoms with Crippen LogP contribution in [-0.4, -0.2) is 0 Å². The molecule has 1 atom stereocenters. The highest BCUT2D eigenvalue weighted by Crippen LogP contribution is 2.41. The summed E-state index contributed by atoms with van der Waals surface area (Å²) in [4.78, 5) is 4.69. The second-order valence-corrected chi connectivity index (χ2v) is 16.3. The van der Waals surface area contributed by atoms with Crippen LogP contribution < -0.4 is 9.80 Å². The number of benzene rings is 7. The maximum absolute atomic E-state index is 4.19. The zero-order chi connectivity index (χ0) is 43.7. The Hall–Kier alpha value is -7.68. The van der Waals surface area contributed by atoms with Crippen LogP contribution in [0.2, 0.25) is 0 Å². The van der Waals surface area contributed by atoms with Crippen molar-refractivity contribution in [3.05, 3.63) is 271 Å². The Kier molecular flexibility index (Phi) is 12.7. The molecule has 64 heavy (non-hydrogen) atoms. The summed E-state index contributed by atoms with van der Waals surface area (Å²) >= 11 is 0. The van der Waals surface area contributed by atoms with Gasteiger partial charge < -0.3 is 9.80 Å². The molecule has 2 aliphatic rings. The summed E-state index contributed by atoms with van der Waals surface area (Å²) in [5, 5.41) is 2.43. The number of anilines is 3. The molecular weight excluding hydrogens is 773 g/mol. The van der Waals surface area contributed by atoms with E-state index in [0.717, 1.165) is 69.8 Å². The SMILES string of the molecule is C=C/C(=C\C=C\N(c1ccccc1)c1ccccc1-c1ccc(-c2ccccc2N(C2=CCC(c3cccc4c3C=CCC4)C=C2)C(/C=C\C)=C/C)cc1)c1cccc2ccccc12. The van der Waals surface area contributed by atoms with E-state index in [1.165, 1.54) is 38.7 Å². The first kappa shape index (κ1) is 41.7. The molecule has 0 aromatic heterocycles. The Morgan fingerprint density at radius 1 is 0.672 bits per heavy atom. The summed E-state index contributed by atoms with van der Waals surface area (Å²) in [6.07, 6.45) is 29.9. The van der Waals surface area contributed by atoms with Crippen LogP contribution in [0.3, 0.4) is 0 Å². The first-order valence-corrected chi connectivity index (χ1v) is 22.5. The third-order valence-corrected chi connectivity index (χ3v) is 12.4. The van der Waals surface area contributed by atoms with Crippen molar-refractivity contribution in [2.24, 2.45) is 0 Å². The average Bonchev–Trinajstić information content (AvgIpc) is 3.37. The Balaban J connectivity index is 1.04. The van der Waals surface area contributed by atoms with Crippen LogP contribution in [0.25, 0.3) is 44.7 Å². The third kappa shape index (κ3) is 8.69. The summed E-state index contributed by atoms with van der Waals surface area (Å²) < 4.78 is 0. The van der Waals surface area contributed by atoms with Crippen LogP contribution in [0.1, 0.15) is 54.9 Å². The molecule has 312 valence electrons. The van der Waals surface area contributed by atoms with Gasteiger partial charge in [-0.2, -0.15) is 0 Å². The van der Waals surface area contributed by atoms with Crippen LogP contribution in [0, 0.1) is 0 Å². The van der Waals surface area contributed by atoms with E-state index in [-0.39, 0.29) is 0 Å². The van der Waals surface area contributed by atoms with Crippen molar-refractivity contribution in [1.82, 2.24) is 0 Å². The standard InChI is InChI=1S/C62H54N2/c1-4-21-52(6-3)64(54-43-41-49(42-44-54)58-34-19-25-48-23-11-13-30-57(48)58)62-36-17-15-32-60(62)51-39-37-50(38-40-51)59-31-14-16-35-61(59)63(53-27-8-7-9-28-53)45-20-26-46(5-2)55-33-18-24-47-22-10-12-29-56(47)55/h4-10,12-22,24-41,43-45,49H,2,11,23,42H2,1,3H3/b21-4-,45-20+,46-26+,52-6+. The minimum Gasteiger partial charge on any atom is -0.317 e. The minimum absolute atomic E-state index is 0.342. The highest BCUT2D eigenvalue weighted by Gasteiger charge is 2.23. The fraction of sp³-hybridized carbons (Fsp3) is 0.0968. The van der Waals surface area contributed by atoms with Crippen LogP contribution in [0.5, 0.6) is 0 Å². The molecule has 0 radical (unpaired) electrons. The first-order chi connectivity index (χ1) is 31.6. The predicted octanol–water partition coefficient (Wildman–Crippen LogP) is 17.0. The first-order valence-electron chi connectivity index (χ1n) is 22.5. The van der Waals surface area contributed by atoms with Gasteiger partial charge in [-0.05, 0) is 125 Å². The fourth-order valence-corrected chi connectivity index (χ4v) is 9.26. The maximum Gasteiger partial charge on any atom is 0.0539 e. The van der Waals surface area contributed by atoms with Crippen LogP contribution >= 0.6 is 0 Å². The molecule has 9 rings (SSSR count). The van der Waals surface area contributed by atoms with Gasteiger partial charge in [0, 0.05) is 40.3 Å². The Morgan fingerprint density at radius 2 is 1.36 bits per heavy atom. The van der Waals surface area contributed by atoms with E-state index in [1.807, 2.05) is 6.08 Å². The smallest absolute Gasteiger partial charge is 0.0539 e. The summed E-state index contributed by atoms with van der Waals surface area (Å²) in [5.41, 5.74) is 16.8. The summed E-state index contributed by atoms with van der Waals surface area (Å²) in [6, 6.07) is 58.9. The van der Waals surface area contributed by atoms with E-state index in [0.29, 0.717) is 5.92 Å². The van der Waals surface area contributed by atoms with Crippen LogP contribution in [-0.2, 0) is 6.42 Å². The van der Waals surface area contributed by atoms with E-state index in [1.54, 1.807) is 0 Å². The van der Waals surface area contributed by atoms with Gasteiger partial charge in [0.2, 0.25) is 0 Å². The van der Waals surface area contributed by atoms with Crippen LogP contribution in [0.15, 0.2) is 249 Å². The predicted molar refractivity (Wildman–Crippen MR) is 277 cm³/mol. The molecule has 0 amide bonds. The average molecular weight is 827 g/mol. The van der Waals surface area contributed by atoms with E-state index >= 15 is 0 Å². The maximum atomic E-state index is 4.19. The van der Waals surface area contributed by atoms with Crippen molar-refractivity contribution < 1.29 is 0 Å². The van der Waals surface area contributed by atoms with Gasteiger partial charge in [-0.1, -0.05) is 195 Å². The Labute approximate surface area is 379 Å². The second kappa shape index (κ2) is 19.6. The molecule has 7 aromatic rings. The lowest BCUT2D eigenvalue weighted by Crippen LogP contribution is -2.22. The number of nitrogens with zero attached hydrogens (tertiary/aromatic N) is 2. The van der Waals surface area contributed by atoms with Gasteiger partial charge in [0.15, 0.2) is 0 Å². The molecule has 1 unspecified atom stereocenters. The highest BCUT2D eigenvalue weighted by molar-refractivity contribution is 5.96. The van der Waals surface area contributed by atoms with Gasteiger partial charge in [-0.3, -0.25) is 0 Å². The molecular formula is C62H54N2. The molecule has 0 saturated heterocycles. The van der Waals surface area contributed by atoms with Gasteiger partial charge in [-0.15, -0.1) is 0 Å². The quantitative estimate of drug-likeness (QED) is 0.107. The van der Waals surface area contributed by atoms with Crippen molar-refractivity contribution in [2.45, 2.75) is 39.0 Å². The Bertz CT molecular complexity index is 3000. The van der Waals surface area contributed by atoms with Gasteiger partial charge in [0.05, 0.1) is 11.4 Å². The molecule has 0 heterocycles.